The monoisotopic (exact) mass is 289 g/mol. The first-order valence-corrected chi connectivity index (χ1v) is 6.69. The van der Waals surface area contributed by atoms with E-state index in [0.29, 0.717) is 29.9 Å². The lowest BCUT2D eigenvalue weighted by Crippen LogP contribution is -2.42. The maximum absolute atomic E-state index is 11.9. The van der Waals surface area contributed by atoms with Gasteiger partial charge >= 0.3 is 0 Å². The van der Waals surface area contributed by atoms with E-state index < -0.39 is 6.10 Å². The summed E-state index contributed by atoms with van der Waals surface area (Å²) >= 11 is 0. The zero-order chi connectivity index (χ0) is 14.7. The van der Waals surface area contributed by atoms with Crippen molar-refractivity contribution in [2.45, 2.75) is 12.6 Å². The third-order valence-electron chi connectivity index (χ3n) is 3.20. The number of amides is 1. The van der Waals surface area contributed by atoms with Crippen LogP contribution in [0.1, 0.15) is 5.82 Å². The summed E-state index contributed by atoms with van der Waals surface area (Å²) in [5.74, 6) is 0.134. The smallest absolute Gasteiger partial charge is 0.258 e. The van der Waals surface area contributed by atoms with E-state index in [1.807, 2.05) is 6.07 Å². The maximum atomic E-state index is 11.9. The van der Waals surface area contributed by atoms with Crippen molar-refractivity contribution in [3.63, 3.8) is 0 Å². The van der Waals surface area contributed by atoms with Gasteiger partial charge in [0.15, 0.2) is 6.10 Å². The standard InChI is InChI=1S/C14H15N3O4/c18-13-9-3-1-2-4-10(9)16-12(17-13)7-15-14(19)11-8-20-5-6-21-11/h1-4,11H,5-8H2,(H,15,19)(H,16,17,18)/t11-/m0/s1. The molecule has 1 saturated heterocycles. The van der Waals surface area contributed by atoms with Crippen LogP contribution in [0.25, 0.3) is 10.9 Å². The molecule has 0 aliphatic carbocycles. The molecule has 1 fully saturated rings. The van der Waals surface area contributed by atoms with Crippen LogP contribution in [0.15, 0.2) is 29.1 Å². The van der Waals surface area contributed by atoms with Crippen LogP contribution in [0.5, 0.6) is 0 Å². The molecule has 7 heteroatoms. The Labute approximate surface area is 120 Å². The lowest BCUT2D eigenvalue weighted by atomic mass is 10.2. The van der Waals surface area contributed by atoms with Gasteiger partial charge in [-0.25, -0.2) is 4.98 Å². The summed E-state index contributed by atoms with van der Waals surface area (Å²) in [6, 6.07) is 7.05. The van der Waals surface area contributed by atoms with Gasteiger partial charge in [0.1, 0.15) is 5.82 Å². The van der Waals surface area contributed by atoms with E-state index in [1.165, 1.54) is 0 Å². The number of nitrogens with one attached hydrogen (secondary N) is 2. The average Bonchev–Trinajstić information content (AvgIpc) is 2.53. The number of aromatic nitrogens is 2. The predicted octanol–water partition coefficient (Wildman–Crippen LogP) is -0.0453. The molecule has 0 radical (unpaired) electrons. The molecule has 2 aromatic rings. The molecular formula is C14H15N3O4. The minimum atomic E-state index is -0.606. The second-order valence-corrected chi connectivity index (χ2v) is 4.68. The van der Waals surface area contributed by atoms with Crippen molar-refractivity contribution in [2.24, 2.45) is 0 Å². The summed E-state index contributed by atoms with van der Waals surface area (Å²) in [4.78, 5) is 30.7. The number of hydrogen-bond acceptors (Lipinski definition) is 5. The van der Waals surface area contributed by atoms with Crippen LogP contribution in [0, 0.1) is 0 Å². The van der Waals surface area contributed by atoms with Crippen molar-refractivity contribution in [1.29, 1.82) is 0 Å². The fourth-order valence-corrected chi connectivity index (χ4v) is 2.14. The molecule has 0 spiro atoms. The first-order chi connectivity index (χ1) is 10.2. The van der Waals surface area contributed by atoms with Crippen molar-refractivity contribution in [3.8, 4) is 0 Å². The Morgan fingerprint density at radius 3 is 3.05 bits per heavy atom. The molecule has 3 rings (SSSR count). The topological polar surface area (TPSA) is 93.3 Å². The Balaban J connectivity index is 1.70. The second kappa shape index (κ2) is 6.02. The van der Waals surface area contributed by atoms with Gasteiger partial charge < -0.3 is 19.8 Å². The summed E-state index contributed by atoms with van der Waals surface area (Å²) in [5.41, 5.74) is 0.379. The van der Waals surface area contributed by atoms with E-state index in [0.717, 1.165) is 0 Å². The van der Waals surface area contributed by atoms with Crippen LogP contribution in [-0.4, -0.2) is 41.8 Å². The molecular weight excluding hydrogens is 274 g/mol. The molecule has 21 heavy (non-hydrogen) atoms. The van der Waals surface area contributed by atoms with E-state index >= 15 is 0 Å². The highest BCUT2D eigenvalue weighted by Crippen LogP contribution is 2.06. The maximum Gasteiger partial charge on any atom is 0.258 e. The quantitative estimate of drug-likeness (QED) is 0.826. The van der Waals surface area contributed by atoms with Gasteiger partial charge in [-0.2, -0.15) is 0 Å². The summed E-state index contributed by atoms with van der Waals surface area (Å²) < 4.78 is 10.5. The van der Waals surface area contributed by atoms with Gasteiger partial charge in [0, 0.05) is 0 Å². The number of carbonyl (C=O) groups excluding carboxylic acids is 1. The number of hydrogen-bond donors (Lipinski definition) is 2. The summed E-state index contributed by atoms with van der Waals surface area (Å²) in [7, 11) is 0. The lowest BCUT2D eigenvalue weighted by Gasteiger charge is -2.21. The zero-order valence-electron chi connectivity index (χ0n) is 11.3. The minimum Gasteiger partial charge on any atom is -0.376 e. The number of nitrogens with zero attached hydrogens (tertiary/aromatic N) is 1. The van der Waals surface area contributed by atoms with E-state index in [4.69, 9.17) is 9.47 Å². The number of H-pyrrole nitrogens is 1. The molecule has 2 N–H and O–H groups in total. The largest absolute Gasteiger partial charge is 0.376 e. The highest BCUT2D eigenvalue weighted by molar-refractivity contribution is 5.81. The van der Waals surface area contributed by atoms with Crippen molar-refractivity contribution in [2.75, 3.05) is 19.8 Å². The van der Waals surface area contributed by atoms with Gasteiger partial charge in [-0.1, -0.05) is 12.1 Å². The molecule has 1 aromatic carbocycles. The van der Waals surface area contributed by atoms with Crippen molar-refractivity contribution < 1.29 is 14.3 Å². The van der Waals surface area contributed by atoms with Gasteiger partial charge in [-0.15, -0.1) is 0 Å². The summed E-state index contributed by atoms with van der Waals surface area (Å²) in [5, 5.41) is 3.21. The third kappa shape index (κ3) is 3.09. The molecule has 2 heterocycles. The Hall–Kier alpha value is -2.25. The van der Waals surface area contributed by atoms with Gasteiger partial charge in [0.25, 0.3) is 11.5 Å². The number of fused-ring (bicyclic) bond motifs is 1. The van der Waals surface area contributed by atoms with Gasteiger partial charge in [-0.3, -0.25) is 9.59 Å². The van der Waals surface area contributed by atoms with E-state index in [9.17, 15) is 9.59 Å². The number of para-hydroxylation sites is 1. The van der Waals surface area contributed by atoms with Crippen molar-refractivity contribution in [3.05, 3.63) is 40.4 Å². The van der Waals surface area contributed by atoms with E-state index in [1.54, 1.807) is 18.2 Å². The lowest BCUT2D eigenvalue weighted by molar-refractivity contribution is -0.147. The molecule has 1 amide bonds. The van der Waals surface area contributed by atoms with Crippen LogP contribution in [0.4, 0.5) is 0 Å². The Bertz CT molecular complexity index is 707. The van der Waals surface area contributed by atoms with E-state index in [2.05, 4.69) is 15.3 Å². The highest BCUT2D eigenvalue weighted by atomic mass is 16.6. The first-order valence-electron chi connectivity index (χ1n) is 6.69. The Kier molecular flexibility index (Phi) is 3.94. The van der Waals surface area contributed by atoms with Gasteiger partial charge in [-0.05, 0) is 12.1 Å². The van der Waals surface area contributed by atoms with E-state index in [-0.39, 0.29) is 24.6 Å². The number of rotatable bonds is 3. The molecule has 0 saturated carbocycles. The first kappa shape index (κ1) is 13.7. The molecule has 1 aliphatic heterocycles. The number of carbonyl (C=O) groups is 1. The van der Waals surface area contributed by atoms with Crippen molar-refractivity contribution in [1.82, 2.24) is 15.3 Å². The van der Waals surface area contributed by atoms with Crippen molar-refractivity contribution >= 4 is 16.8 Å². The Morgan fingerprint density at radius 1 is 1.38 bits per heavy atom. The van der Waals surface area contributed by atoms with Crippen LogP contribution < -0.4 is 10.9 Å². The SMILES string of the molecule is O=C(NCc1nc2ccccc2c(=O)[nH]1)[C@@H]1COCCO1. The normalized spacial score (nSPS) is 18.6. The second-order valence-electron chi connectivity index (χ2n) is 4.68. The molecule has 0 bridgehead atoms. The number of ether oxygens (including phenoxy) is 2. The molecule has 7 nitrogen and oxygen atoms in total. The third-order valence-corrected chi connectivity index (χ3v) is 3.20. The average molecular weight is 289 g/mol. The molecule has 110 valence electrons. The Morgan fingerprint density at radius 2 is 2.24 bits per heavy atom. The number of benzene rings is 1. The van der Waals surface area contributed by atoms with Crippen LogP contribution >= 0.6 is 0 Å². The minimum absolute atomic E-state index is 0.138. The summed E-state index contributed by atoms with van der Waals surface area (Å²) in [6.07, 6.45) is -0.606. The van der Waals surface area contributed by atoms with Crippen LogP contribution in [-0.2, 0) is 20.8 Å². The molecule has 0 unspecified atom stereocenters. The summed E-state index contributed by atoms with van der Waals surface area (Å²) in [6.45, 7) is 1.29. The predicted molar refractivity (Wildman–Crippen MR) is 74.8 cm³/mol. The van der Waals surface area contributed by atoms with Crippen LogP contribution in [0.2, 0.25) is 0 Å². The van der Waals surface area contributed by atoms with Gasteiger partial charge in [0.05, 0.1) is 37.3 Å². The fraction of sp³-hybridized carbons (Fsp3) is 0.357. The molecule has 1 aliphatic rings. The van der Waals surface area contributed by atoms with Gasteiger partial charge in [0.2, 0.25) is 0 Å². The van der Waals surface area contributed by atoms with Crippen LogP contribution in [0.3, 0.4) is 0 Å². The fourth-order valence-electron chi connectivity index (χ4n) is 2.14. The highest BCUT2D eigenvalue weighted by Gasteiger charge is 2.22. The zero-order valence-corrected chi connectivity index (χ0v) is 11.3. The molecule has 1 atom stereocenters. The molecule has 1 aromatic heterocycles. The number of aromatic amines is 1.